The Labute approximate surface area is 193 Å². The molecule has 1 saturated carbocycles. The normalized spacial score (nSPS) is 23.9. The van der Waals surface area contributed by atoms with Gasteiger partial charge in [0.1, 0.15) is 18.3 Å². The molecule has 1 atom stereocenters. The molecule has 1 fully saturated rings. The number of anilines is 3. The number of aryl methyl sites for hydroxylation is 1. The van der Waals surface area contributed by atoms with Crippen LogP contribution in [0.2, 0.25) is 0 Å². The number of alkyl halides is 3. The lowest BCUT2D eigenvalue weighted by Crippen LogP contribution is -2.53. The van der Waals surface area contributed by atoms with Gasteiger partial charge in [-0.25, -0.2) is 4.98 Å². The third-order valence-electron chi connectivity index (χ3n) is 6.61. The molecule has 2 aliphatic heterocycles. The molecule has 1 aliphatic carbocycles. The molecule has 3 aliphatic rings. The quantitative estimate of drug-likeness (QED) is 0.672. The van der Waals surface area contributed by atoms with Crippen LogP contribution in [0.25, 0.3) is 0 Å². The summed E-state index contributed by atoms with van der Waals surface area (Å²) >= 11 is 0. The first-order valence-corrected chi connectivity index (χ1v) is 11.2. The predicted molar refractivity (Wildman–Crippen MR) is 116 cm³/mol. The Hall–Kier alpha value is -3.38. The fraction of sp³-hybridized carbons (Fsp3) is 0.571. The Morgan fingerprint density at radius 3 is 2.71 bits per heavy atom. The summed E-state index contributed by atoms with van der Waals surface area (Å²) in [6.07, 6.45) is -0.481. The maximum Gasteiger partial charge on any atom is 0.435 e. The maximum absolute atomic E-state index is 12.6. The molecular formula is C21H25F3N8O2. The van der Waals surface area contributed by atoms with Crippen LogP contribution in [0, 0.1) is 0 Å². The summed E-state index contributed by atoms with van der Waals surface area (Å²) < 4.78 is 38.9. The molecule has 0 unspecified atom stereocenters. The van der Waals surface area contributed by atoms with E-state index in [1.54, 1.807) is 4.90 Å². The fourth-order valence-electron chi connectivity index (χ4n) is 4.62. The molecule has 0 radical (unpaired) electrons. The number of nitrogens with one attached hydrogen (secondary N) is 2. The number of hydrogen-bond acceptors (Lipinski definition) is 7. The van der Waals surface area contributed by atoms with Gasteiger partial charge in [-0.1, -0.05) is 0 Å². The molecule has 2 N–H and O–H groups in total. The standard InChI is InChI=1S/C21H25F3N8O2/c1-11-19(34)32-6-3-4-14-17(32)18(30(11)2)28-20(27-14)26-13-8-12(9-13)25-16(33)10-31-7-5-15(29-31)21(22,23)24/h5,7,11-13H,3-4,6,8-10H2,1-2H3,(H,25,33)(H,26,27,28)/t11-,12-,13-/m0/s1. The first-order valence-electron chi connectivity index (χ1n) is 11.2. The second kappa shape index (κ2) is 8.13. The molecule has 10 nitrogen and oxygen atoms in total. The summed E-state index contributed by atoms with van der Waals surface area (Å²) in [5, 5.41) is 9.53. The van der Waals surface area contributed by atoms with E-state index in [1.165, 1.54) is 0 Å². The minimum Gasteiger partial charge on any atom is -0.352 e. The third kappa shape index (κ3) is 4.03. The number of aromatic nitrogens is 4. The SMILES string of the molecule is C[C@H]1C(=O)N2CCCc3nc(N[C@H]4C[C@H](NC(=O)Cn5ccc(C(F)(F)F)n5)C4)nc(c32)N1C. The molecule has 2 aromatic heterocycles. The van der Waals surface area contributed by atoms with Crippen LogP contribution >= 0.6 is 0 Å². The summed E-state index contributed by atoms with van der Waals surface area (Å²) in [6.45, 7) is 2.26. The lowest BCUT2D eigenvalue weighted by Gasteiger charge is -2.42. The van der Waals surface area contributed by atoms with Gasteiger partial charge in [0.2, 0.25) is 17.8 Å². The van der Waals surface area contributed by atoms with Gasteiger partial charge in [-0.15, -0.1) is 0 Å². The van der Waals surface area contributed by atoms with E-state index in [-0.39, 0.29) is 30.6 Å². The van der Waals surface area contributed by atoms with Crippen molar-refractivity contribution >= 4 is 29.3 Å². The molecule has 5 rings (SSSR count). The van der Waals surface area contributed by atoms with E-state index < -0.39 is 17.8 Å². The van der Waals surface area contributed by atoms with E-state index >= 15 is 0 Å². The molecule has 0 spiro atoms. The van der Waals surface area contributed by atoms with Crippen molar-refractivity contribution in [3.63, 3.8) is 0 Å². The largest absolute Gasteiger partial charge is 0.435 e. The lowest BCUT2D eigenvalue weighted by atomic mass is 9.87. The molecular weight excluding hydrogens is 453 g/mol. The Morgan fingerprint density at radius 1 is 1.24 bits per heavy atom. The highest BCUT2D eigenvalue weighted by Crippen LogP contribution is 2.40. The molecule has 2 amide bonds. The van der Waals surface area contributed by atoms with Crippen LogP contribution in [0.15, 0.2) is 12.3 Å². The highest BCUT2D eigenvalue weighted by molar-refractivity contribution is 6.05. The molecule has 4 heterocycles. The number of rotatable bonds is 5. The van der Waals surface area contributed by atoms with E-state index in [0.29, 0.717) is 25.3 Å². The molecule has 13 heteroatoms. The summed E-state index contributed by atoms with van der Waals surface area (Å²) in [5.74, 6) is 0.897. The second-order valence-electron chi connectivity index (χ2n) is 9.02. The van der Waals surface area contributed by atoms with Gasteiger partial charge in [-0.05, 0) is 38.7 Å². The molecule has 182 valence electrons. The number of amides is 2. The van der Waals surface area contributed by atoms with Crippen molar-refractivity contribution in [3.8, 4) is 0 Å². The van der Waals surface area contributed by atoms with Crippen molar-refractivity contribution in [2.45, 2.75) is 63.5 Å². The Kier molecular flexibility index (Phi) is 5.36. The highest BCUT2D eigenvalue weighted by Gasteiger charge is 2.39. The summed E-state index contributed by atoms with van der Waals surface area (Å²) in [6, 6.07) is 0.515. The average molecular weight is 478 g/mol. The van der Waals surface area contributed by atoms with Crippen LogP contribution in [-0.2, 0) is 28.7 Å². The van der Waals surface area contributed by atoms with Gasteiger partial charge in [-0.2, -0.15) is 23.3 Å². The van der Waals surface area contributed by atoms with E-state index in [0.717, 1.165) is 47.0 Å². The number of hydrogen-bond donors (Lipinski definition) is 2. The number of likely N-dealkylation sites (N-methyl/N-ethyl adjacent to an activating group) is 1. The van der Waals surface area contributed by atoms with Gasteiger partial charge in [0.25, 0.3) is 0 Å². The van der Waals surface area contributed by atoms with Crippen LogP contribution in [0.1, 0.15) is 37.6 Å². The first kappa shape index (κ1) is 22.4. The fourth-order valence-corrected chi connectivity index (χ4v) is 4.62. The Bertz CT molecular complexity index is 1130. The minimum absolute atomic E-state index is 0.0579. The van der Waals surface area contributed by atoms with Crippen molar-refractivity contribution in [2.24, 2.45) is 0 Å². The van der Waals surface area contributed by atoms with E-state index in [4.69, 9.17) is 0 Å². The van der Waals surface area contributed by atoms with Crippen LogP contribution in [-0.4, -0.2) is 63.3 Å². The Balaban J connectivity index is 1.18. The van der Waals surface area contributed by atoms with Crippen molar-refractivity contribution < 1.29 is 22.8 Å². The zero-order valence-electron chi connectivity index (χ0n) is 18.8. The summed E-state index contributed by atoms with van der Waals surface area (Å²) in [7, 11) is 1.85. The molecule has 34 heavy (non-hydrogen) atoms. The van der Waals surface area contributed by atoms with E-state index in [1.807, 2.05) is 18.9 Å². The van der Waals surface area contributed by atoms with Crippen LogP contribution in [0.5, 0.6) is 0 Å². The van der Waals surface area contributed by atoms with Gasteiger partial charge in [0.05, 0.1) is 5.69 Å². The smallest absolute Gasteiger partial charge is 0.352 e. The Morgan fingerprint density at radius 2 is 2.00 bits per heavy atom. The number of carbonyl (C=O) groups excluding carboxylic acids is 2. The highest BCUT2D eigenvalue weighted by atomic mass is 19.4. The number of nitrogens with zero attached hydrogens (tertiary/aromatic N) is 6. The van der Waals surface area contributed by atoms with Crippen LogP contribution in [0.4, 0.5) is 30.6 Å². The van der Waals surface area contributed by atoms with Gasteiger partial charge < -0.3 is 20.4 Å². The summed E-state index contributed by atoms with van der Waals surface area (Å²) in [5.41, 5.74) is 0.630. The van der Waals surface area contributed by atoms with Crippen molar-refractivity contribution in [2.75, 3.05) is 28.7 Å². The first-order chi connectivity index (χ1) is 16.1. The lowest BCUT2D eigenvalue weighted by molar-refractivity contribution is -0.141. The number of halogens is 3. The molecule has 2 aromatic rings. The van der Waals surface area contributed by atoms with E-state index in [9.17, 15) is 22.8 Å². The topological polar surface area (TPSA) is 108 Å². The predicted octanol–water partition coefficient (Wildman–Crippen LogP) is 1.57. The monoisotopic (exact) mass is 478 g/mol. The number of carbonyl (C=O) groups is 2. The van der Waals surface area contributed by atoms with Gasteiger partial charge in [0, 0.05) is 31.9 Å². The second-order valence-corrected chi connectivity index (χ2v) is 9.02. The zero-order chi connectivity index (χ0) is 24.2. The van der Waals surface area contributed by atoms with Crippen molar-refractivity contribution in [3.05, 3.63) is 23.7 Å². The van der Waals surface area contributed by atoms with Crippen LogP contribution in [0.3, 0.4) is 0 Å². The minimum atomic E-state index is -4.54. The average Bonchev–Trinajstić information content (AvgIpc) is 3.23. The van der Waals surface area contributed by atoms with Gasteiger partial charge >= 0.3 is 6.18 Å². The molecule has 0 saturated heterocycles. The van der Waals surface area contributed by atoms with Crippen molar-refractivity contribution in [1.29, 1.82) is 0 Å². The third-order valence-corrected chi connectivity index (χ3v) is 6.61. The van der Waals surface area contributed by atoms with Gasteiger partial charge in [-0.3, -0.25) is 14.3 Å². The summed E-state index contributed by atoms with van der Waals surface area (Å²) in [4.78, 5) is 37.8. The van der Waals surface area contributed by atoms with Crippen molar-refractivity contribution in [1.82, 2.24) is 25.1 Å². The molecule has 0 aromatic carbocycles. The van der Waals surface area contributed by atoms with Gasteiger partial charge in [0.15, 0.2) is 11.5 Å². The molecule has 0 bridgehead atoms. The zero-order valence-corrected chi connectivity index (χ0v) is 18.8. The maximum atomic E-state index is 12.6. The van der Waals surface area contributed by atoms with E-state index in [2.05, 4.69) is 25.7 Å². The van der Waals surface area contributed by atoms with Crippen LogP contribution < -0.4 is 20.4 Å².